The van der Waals surface area contributed by atoms with Gasteiger partial charge in [0.15, 0.2) is 11.5 Å². The number of aromatic nitrogens is 2. The Bertz CT molecular complexity index is 611. The average molecular weight is 264 g/mol. The van der Waals surface area contributed by atoms with Gasteiger partial charge in [-0.3, -0.25) is 0 Å². The van der Waals surface area contributed by atoms with Gasteiger partial charge in [-0.05, 0) is 12.8 Å². The normalized spacial score (nSPS) is 14.8. The minimum Gasteiger partial charge on any atom is -0.475 e. The molecule has 2 heterocycles. The summed E-state index contributed by atoms with van der Waals surface area (Å²) in [6.45, 7) is 0.287. The fourth-order valence-corrected chi connectivity index (χ4v) is 1.85. The molecular weight excluding hydrogens is 252 g/mol. The Kier molecular flexibility index (Phi) is 2.83. The van der Waals surface area contributed by atoms with Crippen molar-refractivity contribution in [1.82, 2.24) is 10.1 Å². The molecule has 1 N–H and O–H groups in total. The fraction of sp³-hybridized carbons (Fsp3) is 0.417. The second-order valence-electron chi connectivity index (χ2n) is 4.42. The van der Waals surface area contributed by atoms with Crippen molar-refractivity contribution in [3.05, 3.63) is 23.3 Å². The molecule has 1 aliphatic carbocycles. The lowest BCUT2D eigenvalue weighted by atomic mass is 10.2. The summed E-state index contributed by atoms with van der Waals surface area (Å²) < 4.78 is 15.2. The summed E-state index contributed by atoms with van der Waals surface area (Å²) in [6.07, 6.45) is 1.89. The predicted molar refractivity (Wildman–Crippen MR) is 61.6 cm³/mol. The first kappa shape index (κ1) is 11.9. The number of hydrogen-bond acceptors (Lipinski definition) is 6. The van der Waals surface area contributed by atoms with E-state index in [2.05, 4.69) is 10.1 Å². The molecule has 19 heavy (non-hydrogen) atoms. The van der Waals surface area contributed by atoms with E-state index < -0.39 is 5.97 Å². The number of hydrogen-bond donors (Lipinski definition) is 1. The Balaban J connectivity index is 1.95. The van der Waals surface area contributed by atoms with Gasteiger partial charge >= 0.3 is 5.97 Å². The van der Waals surface area contributed by atoms with Gasteiger partial charge in [0.2, 0.25) is 11.7 Å². The smallest absolute Gasteiger partial charge is 0.373 e. The molecule has 0 unspecified atom stereocenters. The molecule has 0 aromatic carbocycles. The maximum Gasteiger partial charge on any atom is 0.373 e. The van der Waals surface area contributed by atoms with Crippen LogP contribution < -0.4 is 0 Å². The highest BCUT2D eigenvalue weighted by Gasteiger charge is 2.34. The van der Waals surface area contributed by atoms with Crippen LogP contribution in [-0.2, 0) is 11.3 Å². The molecule has 0 spiro atoms. The van der Waals surface area contributed by atoms with Gasteiger partial charge in [0.25, 0.3) is 0 Å². The number of rotatable bonds is 5. The van der Waals surface area contributed by atoms with Gasteiger partial charge in [-0.25, -0.2) is 9.78 Å². The van der Waals surface area contributed by atoms with Gasteiger partial charge in [-0.15, -0.1) is 0 Å². The van der Waals surface area contributed by atoms with E-state index in [4.69, 9.17) is 18.8 Å². The van der Waals surface area contributed by atoms with Crippen LogP contribution in [0.5, 0.6) is 0 Å². The molecule has 1 aliphatic rings. The summed E-state index contributed by atoms with van der Waals surface area (Å²) in [6, 6.07) is 1.62. The van der Waals surface area contributed by atoms with Crippen LogP contribution in [0.3, 0.4) is 0 Å². The third-order valence-corrected chi connectivity index (χ3v) is 2.88. The van der Waals surface area contributed by atoms with E-state index in [0.717, 1.165) is 12.8 Å². The SMILES string of the molecule is COCc1cc(-c2nc(C3CC3)c(C(=O)O)o2)no1. The van der Waals surface area contributed by atoms with Crippen LogP contribution in [0.25, 0.3) is 11.6 Å². The molecule has 0 saturated heterocycles. The zero-order valence-electron chi connectivity index (χ0n) is 10.3. The highest BCUT2D eigenvalue weighted by molar-refractivity contribution is 5.86. The van der Waals surface area contributed by atoms with Crippen LogP contribution in [0.2, 0.25) is 0 Å². The number of nitrogens with zero attached hydrogens (tertiary/aromatic N) is 2. The highest BCUT2D eigenvalue weighted by atomic mass is 16.5. The molecule has 2 aromatic heterocycles. The Morgan fingerprint density at radius 3 is 3.00 bits per heavy atom. The van der Waals surface area contributed by atoms with Crippen LogP contribution >= 0.6 is 0 Å². The summed E-state index contributed by atoms with van der Waals surface area (Å²) in [5.74, 6) is -0.324. The van der Waals surface area contributed by atoms with E-state index in [0.29, 0.717) is 17.1 Å². The molecule has 1 saturated carbocycles. The lowest BCUT2D eigenvalue weighted by molar-refractivity contribution is 0.0661. The van der Waals surface area contributed by atoms with Gasteiger partial charge in [-0.1, -0.05) is 5.16 Å². The van der Waals surface area contributed by atoms with Crippen molar-refractivity contribution in [3.8, 4) is 11.6 Å². The van der Waals surface area contributed by atoms with E-state index in [1.165, 1.54) is 0 Å². The average Bonchev–Trinajstić information content (AvgIpc) is 2.95. The number of carboxylic acids is 1. The number of aromatic carboxylic acids is 1. The number of carboxylic acid groups (broad SMARTS) is 1. The van der Waals surface area contributed by atoms with Crippen LogP contribution in [-0.4, -0.2) is 28.3 Å². The van der Waals surface area contributed by atoms with E-state index in [1.807, 2.05) is 0 Å². The van der Waals surface area contributed by atoms with Crippen LogP contribution in [0.4, 0.5) is 0 Å². The van der Waals surface area contributed by atoms with Crippen LogP contribution in [0.15, 0.2) is 15.0 Å². The minimum absolute atomic E-state index is 0.103. The molecule has 3 rings (SSSR count). The highest BCUT2D eigenvalue weighted by Crippen LogP contribution is 2.42. The van der Waals surface area contributed by atoms with Crippen molar-refractivity contribution in [2.75, 3.05) is 7.11 Å². The summed E-state index contributed by atoms with van der Waals surface area (Å²) in [4.78, 5) is 15.3. The Morgan fingerprint density at radius 1 is 1.58 bits per heavy atom. The third kappa shape index (κ3) is 2.24. The van der Waals surface area contributed by atoms with Crippen LogP contribution in [0, 0.1) is 0 Å². The van der Waals surface area contributed by atoms with Gasteiger partial charge in [0.05, 0.1) is 5.69 Å². The van der Waals surface area contributed by atoms with Crippen molar-refractivity contribution >= 4 is 5.97 Å². The van der Waals surface area contributed by atoms with E-state index in [9.17, 15) is 4.79 Å². The molecular formula is C12H12N2O5. The van der Waals surface area contributed by atoms with Crippen LogP contribution in [0.1, 0.15) is 40.8 Å². The van der Waals surface area contributed by atoms with Gasteiger partial charge < -0.3 is 18.8 Å². The molecule has 100 valence electrons. The lowest BCUT2D eigenvalue weighted by Gasteiger charge is -1.89. The number of oxazole rings is 1. The standard InChI is InChI=1S/C12H12N2O5/c1-17-5-7-4-8(14-19-7)11-13-9(6-2-3-6)10(18-11)12(15)16/h4,6H,2-3,5H2,1H3,(H,15,16). The first-order valence-corrected chi connectivity index (χ1v) is 5.88. The molecule has 0 bridgehead atoms. The van der Waals surface area contributed by atoms with Crippen molar-refractivity contribution < 1.29 is 23.6 Å². The van der Waals surface area contributed by atoms with E-state index in [-0.39, 0.29) is 24.2 Å². The van der Waals surface area contributed by atoms with E-state index >= 15 is 0 Å². The fourth-order valence-electron chi connectivity index (χ4n) is 1.85. The van der Waals surface area contributed by atoms with Gasteiger partial charge in [-0.2, -0.15) is 0 Å². The molecule has 7 nitrogen and oxygen atoms in total. The molecule has 0 amide bonds. The first-order chi connectivity index (χ1) is 9.19. The molecule has 0 aliphatic heterocycles. The molecule has 0 radical (unpaired) electrons. The summed E-state index contributed by atoms with van der Waals surface area (Å²) in [5.41, 5.74) is 0.875. The van der Waals surface area contributed by atoms with E-state index in [1.54, 1.807) is 13.2 Å². The predicted octanol–water partition coefficient (Wildman–Crippen LogP) is 2.05. The third-order valence-electron chi connectivity index (χ3n) is 2.88. The summed E-state index contributed by atoms with van der Waals surface area (Å²) in [7, 11) is 1.54. The topological polar surface area (TPSA) is 98.6 Å². The molecule has 1 fully saturated rings. The first-order valence-electron chi connectivity index (χ1n) is 5.88. The Hall–Kier alpha value is -2.15. The monoisotopic (exact) mass is 264 g/mol. The summed E-state index contributed by atoms with van der Waals surface area (Å²) in [5, 5.41) is 12.9. The van der Waals surface area contributed by atoms with Gasteiger partial charge in [0, 0.05) is 19.1 Å². The number of methoxy groups -OCH3 is 1. The van der Waals surface area contributed by atoms with Crippen molar-refractivity contribution in [2.45, 2.75) is 25.4 Å². The Morgan fingerprint density at radius 2 is 2.37 bits per heavy atom. The van der Waals surface area contributed by atoms with Gasteiger partial charge in [0.1, 0.15) is 6.61 Å². The second kappa shape index (κ2) is 4.51. The maximum absolute atomic E-state index is 11.1. The van der Waals surface area contributed by atoms with Crippen molar-refractivity contribution in [2.24, 2.45) is 0 Å². The molecule has 2 aromatic rings. The number of carbonyl (C=O) groups is 1. The second-order valence-corrected chi connectivity index (χ2v) is 4.42. The molecule has 0 atom stereocenters. The van der Waals surface area contributed by atoms with Crippen molar-refractivity contribution in [3.63, 3.8) is 0 Å². The Labute approximate surface area is 108 Å². The zero-order valence-corrected chi connectivity index (χ0v) is 10.3. The largest absolute Gasteiger partial charge is 0.475 e. The minimum atomic E-state index is -1.11. The quantitative estimate of drug-likeness (QED) is 0.882. The summed E-state index contributed by atoms with van der Waals surface area (Å²) >= 11 is 0. The number of ether oxygens (including phenoxy) is 1. The maximum atomic E-state index is 11.1. The van der Waals surface area contributed by atoms with Crippen molar-refractivity contribution in [1.29, 1.82) is 0 Å². The molecule has 7 heteroatoms. The zero-order chi connectivity index (χ0) is 13.4. The lowest BCUT2D eigenvalue weighted by Crippen LogP contribution is -1.98.